The minimum atomic E-state index is -0.913. The second-order valence-electron chi connectivity index (χ2n) is 7.55. The van der Waals surface area contributed by atoms with Crippen molar-refractivity contribution in [3.63, 3.8) is 0 Å². The van der Waals surface area contributed by atoms with Gasteiger partial charge in [-0.3, -0.25) is 14.5 Å². The second-order valence-corrected chi connectivity index (χ2v) is 7.55. The molecule has 1 atom stereocenters. The lowest BCUT2D eigenvalue weighted by Crippen LogP contribution is -2.31. The first-order chi connectivity index (χ1) is 15.0. The van der Waals surface area contributed by atoms with Crippen LogP contribution in [0.5, 0.6) is 0 Å². The molecule has 1 aliphatic heterocycles. The van der Waals surface area contributed by atoms with Crippen LogP contribution in [0.4, 0.5) is 5.69 Å². The number of aliphatic hydroxyl groups is 1. The average Bonchev–Trinajstić information content (AvgIpc) is 3.49. The number of amides is 1. The molecule has 0 saturated carbocycles. The number of hydrogen-bond acceptors (Lipinski definition) is 5. The average molecular weight is 413 g/mol. The number of hydrogen-bond donors (Lipinski definition) is 1. The summed E-state index contributed by atoms with van der Waals surface area (Å²) >= 11 is 0. The Labute approximate surface area is 178 Å². The molecule has 0 bridgehead atoms. The number of rotatable bonds is 4. The minimum absolute atomic E-state index is 0.0509. The number of furan rings is 2. The molecular formula is C25H19NO5. The third-order valence-corrected chi connectivity index (χ3v) is 5.75. The van der Waals surface area contributed by atoms with E-state index in [4.69, 9.17) is 8.83 Å². The molecule has 4 aromatic rings. The molecular weight excluding hydrogens is 394 g/mol. The van der Waals surface area contributed by atoms with Crippen molar-refractivity contribution in [2.75, 3.05) is 4.90 Å². The van der Waals surface area contributed by atoms with Crippen molar-refractivity contribution in [2.24, 2.45) is 0 Å². The molecule has 6 heteroatoms. The van der Waals surface area contributed by atoms with Crippen molar-refractivity contribution >= 4 is 28.3 Å². The summed E-state index contributed by atoms with van der Waals surface area (Å²) in [5.41, 5.74) is 2.94. The van der Waals surface area contributed by atoms with Crippen LogP contribution in [0.15, 0.2) is 87.1 Å². The topological polar surface area (TPSA) is 83.9 Å². The van der Waals surface area contributed by atoms with Gasteiger partial charge in [0.15, 0.2) is 11.5 Å². The molecule has 0 fully saturated rings. The largest absolute Gasteiger partial charge is 0.503 e. The Kier molecular flexibility index (Phi) is 4.29. The normalized spacial score (nSPS) is 16.5. The summed E-state index contributed by atoms with van der Waals surface area (Å²) in [6.45, 7) is 3.84. The zero-order chi connectivity index (χ0) is 21.7. The van der Waals surface area contributed by atoms with E-state index in [0.717, 1.165) is 16.5 Å². The summed E-state index contributed by atoms with van der Waals surface area (Å²) in [5.74, 6) is -1.40. The molecule has 0 spiro atoms. The van der Waals surface area contributed by atoms with Gasteiger partial charge < -0.3 is 13.9 Å². The summed E-state index contributed by atoms with van der Waals surface area (Å²) in [6.07, 6.45) is 1.47. The van der Waals surface area contributed by atoms with Gasteiger partial charge in [0.25, 0.3) is 5.91 Å². The number of fused-ring (bicyclic) bond motifs is 1. The first-order valence-corrected chi connectivity index (χ1v) is 9.87. The first kappa shape index (κ1) is 18.9. The van der Waals surface area contributed by atoms with Crippen molar-refractivity contribution < 1.29 is 23.5 Å². The number of anilines is 1. The molecule has 1 aliphatic rings. The number of benzene rings is 2. The molecule has 1 amide bonds. The van der Waals surface area contributed by atoms with Gasteiger partial charge in [-0.15, -0.1) is 0 Å². The van der Waals surface area contributed by atoms with Crippen LogP contribution < -0.4 is 4.90 Å². The predicted octanol–water partition coefficient (Wildman–Crippen LogP) is 5.43. The molecule has 0 aliphatic carbocycles. The Hall–Kier alpha value is -4.06. The van der Waals surface area contributed by atoms with E-state index < -0.39 is 23.5 Å². The highest BCUT2D eigenvalue weighted by Gasteiger charge is 2.47. The molecule has 31 heavy (non-hydrogen) atoms. The zero-order valence-electron chi connectivity index (χ0n) is 17.0. The smallest absolute Gasteiger partial charge is 0.294 e. The van der Waals surface area contributed by atoms with Gasteiger partial charge in [0.1, 0.15) is 17.4 Å². The van der Waals surface area contributed by atoms with Gasteiger partial charge in [-0.1, -0.05) is 30.3 Å². The highest BCUT2D eigenvalue weighted by Crippen LogP contribution is 2.43. The van der Waals surface area contributed by atoms with E-state index in [2.05, 4.69) is 0 Å². The lowest BCUT2D eigenvalue weighted by Gasteiger charge is -2.26. The van der Waals surface area contributed by atoms with Gasteiger partial charge in [-0.2, -0.15) is 0 Å². The first-order valence-electron chi connectivity index (χ1n) is 9.87. The quantitative estimate of drug-likeness (QED) is 0.451. The molecule has 0 radical (unpaired) electrons. The summed E-state index contributed by atoms with van der Waals surface area (Å²) in [7, 11) is 0. The maximum absolute atomic E-state index is 13.5. The number of para-hydroxylation sites is 1. The monoisotopic (exact) mass is 413 g/mol. The van der Waals surface area contributed by atoms with Gasteiger partial charge in [0.05, 0.1) is 11.8 Å². The molecule has 1 N–H and O–H groups in total. The molecule has 0 saturated heterocycles. The highest BCUT2D eigenvalue weighted by atomic mass is 16.3. The number of carbonyl (C=O) groups excluding carboxylic acids is 2. The lowest BCUT2D eigenvalue weighted by atomic mass is 9.98. The molecule has 1 unspecified atom stereocenters. The lowest BCUT2D eigenvalue weighted by molar-refractivity contribution is -0.117. The third kappa shape index (κ3) is 2.87. The van der Waals surface area contributed by atoms with Crippen LogP contribution in [0.1, 0.15) is 33.5 Å². The van der Waals surface area contributed by atoms with Crippen molar-refractivity contribution in [3.8, 4) is 0 Å². The van der Waals surface area contributed by atoms with E-state index in [0.29, 0.717) is 17.0 Å². The predicted molar refractivity (Wildman–Crippen MR) is 115 cm³/mol. The standard InChI is InChI=1S/C25H19NO5/c1-14-7-5-9-17(15(14)2)26-22(19-11-6-12-30-19)21(24(28)25(26)29)23(27)20-13-16-8-3-4-10-18(16)31-20/h3-13,22,28H,1-2H3. The van der Waals surface area contributed by atoms with Crippen molar-refractivity contribution in [2.45, 2.75) is 19.9 Å². The van der Waals surface area contributed by atoms with E-state index in [9.17, 15) is 14.7 Å². The van der Waals surface area contributed by atoms with Crippen molar-refractivity contribution in [3.05, 3.63) is 101 Å². The fraction of sp³-hybridized carbons (Fsp3) is 0.120. The zero-order valence-corrected chi connectivity index (χ0v) is 17.0. The number of Topliss-reactive ketones (excluding diaryl/α,β-unsaturated/α-hetero) is 1. The highest BCUT2D eigenvalue weighted by molar-refractivity contribution is 6.20. The second kappa shape index (κ2) is 7.02. The van der Waals surface area contributed by atoms with E-state index in [1.807, 2.05) is 44.2 Å². The summed E-state index contributed by atoms with van der Waals surface area (Å²) in [5, 5.41) is 11.6. The Morgan fingerprint density at radius 2 is 1.84 bits per heavy atom. The Bertz CT molecular complexity index is 1330. The Morgan fingerprint density at radius 3 is 2.58 bits per heavy atom. The molecule has 154 valence electrons. The number of aryl methyl sites for hydroxylation is 1. The minimum Gasteiger partial charge on any atom is -0.503 e. The van der Waals surface area contributed by atoms with Gasteiger partial charge >= 0.3 is 0 Å². The molecule has 5 rings (SSSR count). The number of nitrogens with zero attached hydrogens (tertiary/aromatic N) is 1. The fourth-order valence-corrected chi connectivity index (χ4v) is 4.02. The fourth-order valence-electron chi connectivity index (χ4n) is 4.02. The van der Waals surface area contributed by atoms with Gasteiger partial charge in [0, 0.05) is 11.1 Å². The summed E-state index contributed by atoms with van der Waals surface area (Å²) < 4.78 is 11.3. The van der Waals surface area contributed by atoms with E-state index >= 15 is 0 Å². The third-order valence-electron chi connectivity index (χ3n) is 5.75. The van der Waals surface area contributed by atoms with Crippen LogP contribution in [0.2, 0.25) is 0 Å². The Morgan fingerprint density at radius 1 is 1.03 bits per heavy atom. The number of ketones is 1. The maximum Gasteiger partial charge on any atom is 0.294 e. The van der Waals surface area contributed by atoms with Crippen LogP contribution in [0, 0.1) is 13.8 Å². The van der Waals surface area contributed by atoms with Crippen molar-refractivity contribution in [1.82, 2.24) is 0 Å². The van der Waals surface area contributed by atoms with Gasteiger partial charge in [-0.25, -0.2) is 0 Å². The van der Waals surface area contributed by atoms with Crippen LogP contribution in [0.3, 0.4) is 0 Å². The molecule has 3 heterocycles. The summed E-state index contributed by atoms with van der Waals surface area (Å²) in [6, 6.07) is 16.9. The number of carbonyl (C=O) groups is 2. The maximum atomic E-state index is 13.5. The van der Waals surface area contributed by atoms with Gasteiger partial charge in [-0.05, 0) is 55.3 Å². The van der Waals surface area contributed by atoms with Crippen LogP contribution in [-0.4, -0.2) is 16.8 Å². The van der Waals surface area contributed by atoms with Crippen LogP contribution in [-0.2, 0) is 4.79 Å². The Balaban J connectivity index is 1.67. The van der Waals surface area contributed by atoms with E-state index in [-0.39, 0.29) is 11.3 Å². The SMILES string of the molecule is Cc1cccc(N2C(=O)C(O)=C(C(=O)c3cc4ccccc4o3)C2c2ccco2)c1C. The van der Waals surface area contributed by atoms with Gasteiger partial charge in [0.2, 0.25) is 5.78 Å². The number of aliphatic hydroxyl groups excluding tert-OH is 1. The molecule has 2 aromatic carbocycles. The van der Waals surface area contributed by atoms with E-state index in [1.54, 1.807) is 30.3 Å². The van der Waals surface area contributed by atoms with Crippen molar-refractivity contribution in [1.29, 1.82) is 0 Å². The summed E-state index contributed by atoms with van der Waals surface area (Å²) in [4.78, 5) is 28.1. The molecule has 2 aromatic heterocycles. The van der Waals surface area contributed by atoms with Crippen LogP contribution in [0.25, 0.3) is 11.0 Å². The molecule has 6 nitrogen and oxygen atoms in total. The van der Waals surface area contributed by atoms with Crippen LogP contribution >= 0.6 is 0 Å². The van der Waals surface area contributed by atoms with E-state index in [1.165, 1.54) is 11.2 Å².